The number of nitrogens with one attached hydrogen (secondary N) is 1. The molecule has 41 heavy (non-hydrogen) atoms. The first-order valence-corrected chi connectivity index (χ1v) is 16.6. The minimum absolute atomic E-state index is 0.0127. The normalized spacial score (nSPS) is 30.8. The lowest BCUT2D eigenvalue weighted by atomic mass is 9.86. The highest BCUT2D eigenvalue weighted by Crippen LogP contribution is 2.47. The van der Waals surface area contributed by atoms with Crippen molar-refractivity contribution in [2.45, 2.75) is 87.9 Å². The maximum absolute atomic E-state index is 12.8. The van der Waals surface area contributed by atoms with Crippen LogP contribution in [0.5, 0.6) is 5.75 Å². The molecule has 1 unspecified atom stereocenters. The molecule has 2 aromatic rings. The van der Waals surface area contributed by atoms with Gasteiger partial charge in [-0.15, -0.1) is 5.10 Å². The molecule has 15 heteroatoms. The minimum atomic E-state index is -2.75. The average Bonchev–Trinajstić information content (AvgIpc) is 3.36. The number of anilines is 1. The summed E-state index contributed by atoms with van der Waals surface area (Å²) in [5.41, 5.74) is 1.52. The Hall–Kier alpha value is -2.47. The molecule has 0 aliphatic carbocycles. The van der Waals surface area contributed by atoms with Gasteiger partial charge in [0.25, 0.3) is 5.91 Å². The van der Waals surface area contributed by atoms with Gasteiger partial charge in [0.2, 0.25) is 0 Å². The SMILES string of the molecule is CO[C@@H]1c2cc(NC(=O)[C@H]3O[C@@H](O)[C@H](O)[C@@H](O)[C@@H]3O)ccc2O[C@H](C(CCn2cc(CCO)nn2)[Si](C)(C)O)[C@H]1C. The molecular formula is C26H40N4O10Si. The van der Waals surface area contributed by atoms with E-state index >= 15 is 0 Å². The molecule has 1 amide bonds. The van der Waals surface area contributed by atoms with Gasteiger partial charge in [-0.1, -0.05) is 12.1 Å². The Labute approximate surface area is 238 Å². The van der Waals surface area contributed by atoms with Crippen molar-refractivity contribution in [3.63, 3.8) is 0 Å². The number of aromatic nitrogens is 3. The van der Waals surface area contributed by atoms with Crippen molar-refractivity contribution in [3.8, 4) is 5.75 Å². The van der Waals surface area contributed by atoms with Gasteiger partial charge in [0.1, 0.15) is 30.2 Å². The van der Waals surface area contributed by atoms with Gasteiger partial charge in [-0.05, 0) is 37.7 Å². The zero-order chi connectivity index (χ0) is 30.1. The number of ether oxygens (including phenoxy) is 3. The van der Waals surface area contributed by atoms with Crippen molar-refractivity contribution in [1.29, 1.82) is 0 Å². The molecule has 0 bridgehead atoms. The van der Waals surface area contributed by atoms with Gasteiger partial charge in [0.15, 0.2) is 20.7 Å². The Morgan fingerprint density at radius 3 is 2.59 bits per heavy atom. The number of methoxy groups -OCH3 is 1. The van der Waals surface area contributed by atoms with Gasteiger partial charge in [0, 0.05) is 55.6 Å². The Morgan fingerprint density at radius 1 is 1.20 bits per heavy atom. The van der Waals surface area contributed by atoms with Crippen molar-refractivity contribution in [2.75, 3.05) is 19.0 Å². The van der Waals surface area contributed by atoms with Crippen molar-refractivity contribution >= 4 is 19.9 Å². The van der Waals surface area contributed by atoms with Crippen molar-refractivity contribution < 1.29 is 49.3 Å². The van der Waals surface area contributed by atoms with E-state index in [4.69, 9.17) is 19.3 Å². The lowest BCUT2D eigenvalue weighted by Crippen LogP contribution is -2.60. The van der Waals surface area contributed by atoms with E-state index < -0.39 is 51.0 Å². The van der Waals surface area contributed by atoms with Crippen LogP contribution in [0.2, 0.25) is 18.6 Å². The van der Waals surface area contributed by atoms with Crippen molar-refractivity contribution in [2.24, 2.45) is 5.92 Å². The highest BCUT2D eigenvalue weighted by atomic mass is 28.4. The first-order chi connectivity index (χ1) is 19.3. The first-order valence-electron chi connectivity index (χ1n) is 13.6. The predicted octanol–water partition coefficient (Wildman–Crippen LogP) is -0.706. The molecule has 228 valence electrons. The number of nitrogens with zero attached hydrogens (tertiary/aromatic N) is 3. The number of hydrogen-bond donors (Lipinski definition) is 7. The molecule has 0 spiro atoms. The van der Waals surface area contributed by atoms with Crippen LogP contribution in [0.4, 0.5) is 5.69 Å². The highest BCUT2D eigenvalue weighted by molar-refractivity contribution is 6.71. The lowest BCUT2D eigenvalue weighted by molar-refractivity contribution is -0.274. The average molecular weight is 597 g/mol. The second kappa shape index (κ2) is 12.8. The molecule has 1 saturated heterocycles. The number of carbonyl (C=O) groups excluding carboxylic acids is 1. The molecule has 9 atom stereocenters. The molecule has 2 aliphatic heterocycles. The van der Waals surface area contributed by atoms with Crippen LogP contribution in [0.3, 0.4) is 0 Å². The van der Waals surface area contributed by atoms with Crippen LogP contribution in [-0.2, 0) is 27.2 Å². The summed E-state index contributed by atoms with van der Waals surface area (Å²) in [4.78, 5) is 24.1. The minimum Gasteiger partial charge on any atom is -0.490 e. The maximum Gasteiger partial charge on any atom is 0.256 e. The summed E-state index contributed by atoms with van der Waals surface area (Å²) >= 11 is 0. The van der Waals surface area contributed by atoms with Gasteiger partial charge < -0.3 is 49.9 Å². The van der Waals surface area contributed by atoms with E-state index in [1.54, 1.807) is 36.2 Å². The van der Waals surface area contributed by atoms with Crippen molar-refractivity contribution in [3.05, 3.63) is 35.7 Å². The quantitative estimate of drug-likeness (QED) is 0.170. The van der Waals surface area contributed by atoms with E-state index in [-0.39, 0.29) is 24.2 Å². The Kier molecular flexibility index (Phi) is 9.83. The zero-order valence-electron chi connectivity index (χ0n) is 23.5. The lowest BCUT2D eigenvalue weighted by Gasteiger charge is -2.44. The number of aryl methyl sites for hydroxylation is 1. The molecule has 0 radical (unpaired) electrons. The molecule has 0 saturated carbocycles. The Balaban J connectivity index is 1.52. The van der Waals surface area contributed by atoms with E-state index in [1.165, 1.54) is 0 Å². The molecule has 2 aliphatic rings. The molecule has 14 nitrogen and oxygen atoms in total. The largest absolute Gasteiger partial charge is 0.490 e. The van der Waals surface area contributed by atoms with Crippen LogP contribution < -0.4 is 10.1 Å². The Bertz CT molecular complexity index is 1190. The summed E-state index contributed by atoms with van der Waals surface area (Å²) in [5, 5.41) is 59.5. The van der Waals surface area contributed by atoms with Crippen LogP contribution >= 0.6 is 0 Å². The van der Waals surface area contributed by atoms with Gasteiger partial charge in [-0.2, -0.15) is 0 Å². The highest BCUT2D eigenvalue weighted by Gasteiger charge is 2.47. The van der Waals surface area contributed by atoms with Gasteiger partial charge in [-0.25, -0.2) is 0 Å². The van der Waals surface area contributed by atoms with Gasteiger partial charge in [0.05, 0.1) is 11.8 Å². The van der Waals surface area contributed by atoms with Crippen LogP contribution in [0.15, 0.2) is 24.4 Å². The number of benzene rings is 1. The molecule has 1 aromatic heterocycles. The predicted molar refractivity (Wildman–Crippen MR) is 146 cm³/mol. The number of amides is 1. The summed E-state index contributed by atoms with van der Waals surface area (Å²) in [6, 6.07) is 4.96. The van der Waals surface area contributed by atoms with E-state index in [9.17, 15) is 30.0 Å². The fourth-order valence-corrected chi connectivity index (χ4v) is 7.63. The standard InChI is InChI=1S/C26H40N4O10Si/c1-13-22(38-2)16-11-14(27-25(35)24-20(33)19(32)21(34)26(36)40-24)5-6-17(16)39-23(13)18(41(3,4)37)7-9-30-12-15(8-10-31)28-29-30/h5-6,11-13,18-24,26,31-34,36-37H,7-10H2,1-4H3,(H,27,35)/t13-,18?,19-,20-,21+,22-,23-,24-,26+/m0/s1. The maximum atomic E-state index is 12.8. The third-order valence-electron chi connectivity index (χ3n) is 7.87. The van der Waals surface area contributed by atoms with Gasteiger partial charge >= 0.3 is 0 Å². The topological polar surface area (TPSA) is 209 Å². The molecule has 3 heterocycles. The van der Waals surface area contributed by atoms with Crippen molar-refractivity contribution in [1.82, 2.24) is 15.0 Å². The monoisotopic (exact) mass is 596 g/mol. The van der Waals surface area contributed by atoms with E-state index in [1.807, 2.05) is 20.0 Å². The number of hydrogen-bond acceptors (Lipinski definition) is 12. The van der Waals surface area contributed by atoms with Crippen LogP contribution in [0.1, 0.15) is 30.7 Å². The molecule has 7 N–H and O–H groups in total. The molecule has 4 rings (SSSR count). The van der Waals surface area contributed by atoms with Crippen LogP contribution in [0, 0.1) is 5.92 Å². The number of aliphatic hydroxyl groups is 5. The third kappa shape index (κ3) is 6.79. The molecule has 1 aromatic carbocycles. The number of carbonyl (C=O) groups is 1. The first kappa shape index (κ1) is 31.5. The summed E-state index contributed by atoms with van der Waals surface area (Å²) in [5.74, 6) is -0.462. The van der Waals surface area contributed by atoms with E-state index in [0.29, 0.717) is 42.1 Å². The summed E-state index contributed by atoms with van der Waals surface area (Å²) in [6.45, 7) is 6.22. The second-order valence-electron chi connectivity index (χ2n) is 11.3. The fraction of sp³-hybridized carbons (Fsp3) is 0.654. The summed E-state index contributed by atoms with van der Waals surface area (Å²) in [7, 11) is -1.17. The summed E-state index contributed by atoms with van der Waals surface area (Å²) in [6.07, 6.45) is -6.72. The van der Waals surface area contributed by atoms with Crippen LogP contribution in [0.25, 0.3) is 0 Å². The third-order valence-corrected chi connectivity index (χ3v) is 10.3. The van der Waals surface area contributed by atoms with Gasteiger partial charge in [-0.3, -0.25) is 9.48 Å². The number of fused-ring (bicyclic) bond motifs is 1. The smallest absolute Gasteiger partial charge is 0.256 e. The zero-order valence-corrected chi connectivity index (χ0v) is 24.5. The number of aliphatic hydroxyl groups excluding tert-OH is 5. The fourth-order valence-electron chi connectivity index (χ4n) is 5.61. The molecule has 1 fully saturated rings. The second-order valence-corrected chi connectivity index (χ2v) is 15.3. The van der Waals surface area contributed by atoms with E-state index in [2.05, 4.69) is 15.6 Å². The summed E-state index contributed by atoms with van der Waals surface area (Å²) < 4.78 is 19.1. The molecular weight excluding hydrogens is 556 g/mol. The van der Waals surface area contributed by atoms with Crippen LogP contribution in [-0.4, -0.2) is 110 Å². The Morgan fingerprint density at radius 2 is 1.93 bits per heavy atom. The number of rotatable bonds is 10. The van der Waals surface area contributed by atoms with E-state index in [0.717, 1.165) is 0 Å².